The minimum absolute atomic E-state index is 0.392. The van der Waals surface area contributed by atoms with Crippen LogP contribution in [0.2, 0.25) is 0 Å². The van der Waals surface area contributed by atoms with Crippen LogP contribution in [0.5, 0.6) is 0 Å². The van der Waals surface area contributed by atoms with Crippen LogP contribution >= 0.6 is 0 Å². The zero-order valence-corrected chi connectivity index (χ0v) is 12.3. The number of hydrogen-bond donors (Lipinski definition) is 1. The van der Waals surface area contributed by atoms with E-state index >= 15 is 0 Å². The predicted molar refractivity (Wildman–Crippen MR) is 78.8 cm³/mol. The van der Waals surface area contributed by atoms with Gasteiger partial charge in [-0.3, -0.25) is 0 Å². The largest absolute Gasteiger partial charge is 0.310 e. The van der Waals surface area contributed by atoms with E-state index in [0.717, 1.165) is 18.5 Å². The Labute approximate surface area is 120 Å². The van der Waals surface area contributed by atoms with Gasteiger partial charge in [-0.05, 0) is 37.0 Å². The maximum absolute atomic E-state index is 12.5. The molecule has 0 aromatic heterocycles. The first-order chi connectivity index (χ1) is 9.66. The molecule has 0 atom stereocenters. The summed E-state index contributed by atoms with van der Waals surface area (Å²) < 4.78 is 26.4. The standard InChI is InChI=1S/C15H20N2O2S/c18-20(19,17-10-2-1-3-11-17)15-8-4-13(5-9-15)12-16-14-6-7-14/h1-2,4-5,8-9,14,16H,3,6-7,10-12H2. The molecule has 20 heavy (non-hydrogen) atoms. The molecule has 1 N–H and O–H groups in total. The van der Waals surface area contributed by atoms with Crippen LogP contribution in [0.25, 0.3) is 0 Å². The van der Waals surface area contributed by atoms with E-state index in [-0.39, 0.29) is 0 Å². The minimum Gasteiger partial charge on any atom is -0.310 e. The Kier molecular flexibility index (Phi) is 3.92. The average Bonchev–Trinajstić information content (AvgIpc) is 3.31. The molecule has 1 aliphatic heterocycles. The topological polar surface area (TPSA) is 49.4 Å². The number of rotatable bonds is 5. The van der Waals surface area contributed by atoms with E-state index in [1.165, 1.54) is 17.1 Å². The molecule has 1 heterocycles. The molecular formula is C15H20N2O2S. The van der Waals surface area contributed by atoms with Crippen molar-refractivity contribution in [1.82, 2.24) is 9.62 Å². The van der Waals surface area contributed by atoms with Crippen LogP contribution in [0.3, 0.4) is 0 Å². The minimum atomic E-state index is -3.34. The second-order valence-electron chi connectivity index (χ2n) is 5.42. The Bertz CT molecular complexity index is 589. The van der Waals surface area contributed by atoms with Crippen LogP contribution in [0, 0.1) is 0 Å². The summed E-state index contributed by atoms with van der Waals surface area (Å²) >= 11 is 0. The van der Waals surface area contributed by atoms with Gasteiger partial charge in [0.05, 0.1) is 4.90 Å². The van der Waals surface area contributed by atoms with Crippen LogP contribution in [-0.2, 0) is 16.6 Å². The number of nitrogens with zero attached hydrogens (tertiary/aromatic N) is 1. The fourth-order valence-corrected chi connectivity index (χ4v) is 3.72. The highest BCUT2D eigenvalue weighted by atomic mass is 32.2. The van der Waals surface area contributed by atoms with Gasteiger partial charge in [-0.2, -0.15) is 4.31 Å². The van der Waals surface area contributed by atoms with Gasteiger partial charge in [0.15, 0.2) is 0 Å². The van der Waals surface area contributed by atoms with E-state index in [0.29, 0.717) is 24.0 Å². The van der Waals surface area contributed by atoms with E-state index < -0.39 is 10.0 Å². The quantitative estimate of drug-likeness (QED) is 0.843. The van der Waals surface area contributed by atoms with E-state index in [9.17, 15) is 8.42 Å². The molecule has 2 aliphatic rings. The zero-order chi connectivity index (χ0) is 14.0. The summed E-state index contributed by atoms with van der Waals surface area (Å²) in [4.78, 5) is 0.392. The second kappa shape index (κ2) is 5.68. The summed E-state index contributed by atoms with van der Waals surface area (Å²) in [6.07, 6.45) is 7.25. The molecule has 108 valence electrons. The van der Waals surface area contributed by atoms with E-state index in [1.807, 2.05) is 24.3 Å². The summed E-state index contributed by atoms with van der Waals surface area (Å²) in [6.45, 7) is 1.87. The summed E-state index contributed by atoms with van der Waals surface area (Å²) in [5.41, 5.74) is 1.13. The molecule has 4 nitrogen and oxygen atoms in total. The monoisotopic (exact) mass is 292 g/mol. The lowest BCUT2D eigenvalue weighted by Crippen LogP contribution is -2.33. The van der Waals surface area contributed by atoms with Crippen LogP contribution in [0.15, 0.2) is 41.3 Å². The molecule has 1 fully saturated rings. The fraction of sp³-hybridized carbons (Fsp3) is 0.467. The number of sulfonamides is 1. The highest BCUT2D eigenvalue weighted by Crippen LogP contribution is 2.21. The lowest BCUT2D eigenvalue weighted by molar-refractivity contribution is 0.437. The Hall–Kier alpha value is -1.17. The van der Waals surface area contributed by atoms with Crippen molar-refractivity contribution < 1.29 is 8.42 Å². The third-order valence-electron chi connectivity index (χ3n) is 3.75. The van der Waals surface area contributed by atoms with Crippen molar-refractivity contribution in [2.45, 2.75) is 36.7 Å². The first-order valence-electron chi connectivity index (χ1n) is 7.14. The highest BCUT2D eigenvalue weighted by Gasteiger charge is 2.24. The van der Waals surface area contributed by atoms with Crippen LogP contribution < -0.4 is 5.32 Å². The zero-order valence-electron chi connectivity index (χ0n) is 11.5. The van der Waals surface area contributed by atoms with Gasteiger partial charge < -0.3 is 5.32 Å². The first-order valence-corrected chi connectivity index (χ1v) is 8.58. The molecule has 0 radical (unpaired) electrons. The van der Waals surface area contributed by atoms with Crippen LogP contribution in [-0.4, -0.2) is 31.9 Å². The van der Waals surface area contributed by atoms with Gasteiger partial charge in [-0.25, -0.2) is 8.42 Å². The summed E-state index contributed by atoms with van der Waals surface area (Å²) in [7, 11) is -3.34. The smallest absolute Gasteiger partial charge is 0.243 e. The number of nitrogens with one attached hydrogen (secondary N) is 1. The van der Waals surface area contributed by atoms with Crippen molar-refractivity contribution in [3.63, 3.8) is 0 Å². The molecule has 0 spiro atoms. The van der Waals surface area contributed by atoms with Crippen molar-refractivity contribution in [3.8, 4) is 0 Å². The second-order valence-corrected chi connectivity index (χ2v) is 7.36. The molecule has 0 unspecified atom stereocenters. The first kappa shape index (κ1) is 13.8. The van der Waals surface area contributed by atoms with Crippen LogP contribution in [0.4, 0.5) is 0 Å². The lowest BCUT2D eigenvalue weighted by atomic mass is 10.2. The average molecular weight is 292 g/mol. The Morgan fingerprint density at radius 1 is 1.15 bits per heavy atom. The van der Waals surface area contributed by atoms with Crippen molar-refractivity contribution in [2.75, 3.05) is 13.1 Å². The van der Waals surface area contributed by atoms with Gasteiger partial charge in [0.1, 0.15) is 0 Å². The third kappa shape index (κ3) is 3.11. The van der Waals surface area contributed by atoms with E-state index in [2.05, 4.69) is 5.32 Å². The Morgan fingerprint density at radius 3 is 2.50 bits per heavy atom. The van der Waals surface area contributed by atoms with Crippen LogP contribution in [0.1, 0.15) is 24.8 Å². The van der Waals surface area contributed by atoms with Gasteiger partial charge in [0.25, 0.3) is 0 Å². The van der Waals surface area contributed by atoms with E-state index in [4.69, 9.17) is 0 Å². The molecule has 1 aromatic carbocycles. The van der Waals surface area contributed by atoms with Crippen molar-refractivity contribution >= 4 is 10.0 Å². The highest BCUT2D eigenvalue weighted by molar-refractivity contribution is 7.89. The van der Waals surface area contributed by atoms with Crippen molar-refractivity contribution in [2.24, 2.45) is 0 Å². The molecule has 5 heteroatoms. The molecule has 0 bridgehead atoms. The van der Waals surface area contributed by atoms with E-state index in [1.54, 1.807) is 12.1 Å². The van der Waals surface area contributed by atoms with Crippen molar-refractivity contribution in [1.29, 1.82) is 0 Å². The molecule has 0 saturated heterocycles. The molecule has 0 amide bonds. The fourth-order valence-electron chi connectivity index (χ4n) is 2.32. The van der Waals surface area contributed by atoms with Crippen molar-refractivity contribution in [3.05, 3.63) is 42.0 Å². The summed E-state index contributed by atoms with van der Waals surface area (Å²) in [6, 6.07) is 7.91. The van der Waals surface area contributed by atoms with Gasteiger partial charge in [0.2, 0.25) is 10.0 Å². The maximum atomic E-state index is 12.5. The predicted octanol–water partition coefficient (Wildman–Crippen LogP) is 1.89. The number of hydrogen-bond acceptors (Lipinski definition) is 3. The lowest BCUT2D eigenvalue weighted by Gasteiger charge is -2.22. The molecule has 1 aliphatic carbocycles. The molecule has 1 saturated carbocycles. The Morgan fingerprint density at radius 2 is 1.90 bits per heavy atom. The maximum Gasteiger partial charge on any atom is 0.243 e. The van der Waals surface area contributed by atoms with Gasteiger partial charge in [-0.1, -0.05) is 24.3 Å². The Balaban J connectivity index is 1.70. The summed E-state index contributed by atoms with van der Waals surface area (Å²) in [5, 5.41) is 3.43. The van der Waals surface area contributed by atoms with Gasteiger partial charge in [0, 0.05) is 25.7 Å². The van der Waals surface area contributed by atoms with Gasteiger partial charge in [-0.15, -0.1) is 0 Å². The summed E-state index contributed by atoms with van der Waals surface area (Å²) in [5.74, 6) is 0. The normalized spacial score (nSPS) is 20.2. The van der Waals surface area contributed by atoms with Gasteiger partial charge >= 0.3 is 0 Å². The molecule has 3 rings (SSSR count). The number of benzene rings is 1. The molecular weight excluding hydrogens is 272 g/mol. The SMILES string of the molecule is O=S(=O)(c1ccc(CNC2CC2)cc1)N1CC=CCC1. The third-order valence-corrected chi connectivity index (χ3v) is 5.63. The molecule has 1 aromatic rings.